The van der Waals surface area contributed by atoms with Crippen molar-refractivity contribution in [1.29, 1.82) is 0 Å². The third-order valence-corrected chi connectivity index (χ3v) is 9.07. The minimum atomic E-state index is -0.199. The van der Waals surface area contributed by atoms with Crippen LogP contribution in [0.3, 0.4) is 0 Å². The maximum absolute atomic E-state index is 14.0. The predicted molar refractivity (Wildman–Crippen MR) is 157 cm³/mol. The van der Waals surface area contributed by atoms with Gasteiger partial charge >= 0.3 is 0 Å². The van der Waals surface area contributed by atoms with Crippen molar-refractivity contribution >= 4 is 51.6 Å². The number of benzene rings is 2. The highest BCUT2D eigenvalue weighted by Gasteiger charge is 2.24. The van der Waals surface area contributed by atoms with Gasteiger partial charge in [-0.25, -0.2) is 4.98 Å². The molecular formula is C28H30N4O3S3. The third kappa shape index (κ3) is 5.17. The molecule has 0 aliphatic carbocycles. The smallest absolute Gasteiger partial charge is 0.278 e. The molecular weight excluding hydrogens is 537 g/mol. The Morgan fingerprint density at radius 2 is 1.79 bits per heavy atom. The Balaban J connectivity index is 1.64. The summed E-state index contributed by atoms with van der Waals surface area (Å²) >= 11 is 8.27. The van der Waals surface area contributed by atoms with Crippen LogP contribution in [0.25, 0.3) is 21.7 Å². The molecule has 4 aromatic rings. The molecule has 10 heteroatoms. The van der Waals surface area contributed by atoms with Crippen molar-refractivity contribution < 1.29 is 9.53 Å². The number of para-hydroxylation sites is 3. The number of nitrogens with zero attached hydrogens (tertiary/aromatic N) is 4. The van der Waals surface area contributed by atoms with Gasteiger partial charge in [-0.1, -0.05) is 60.4 Å². The number of carbonyl (C=O) groups is 1. The molecule has 5 rings (SSSR count). The molecule has 0 atom stereocenters. The zero-order chi connectivity index (χ0) is 26.8. The number of fused-ring (bicyclic) bond motifs is 1. The van der Waals surface area contributed by atoms with Gasteiger partial charge in [-0.2, -0.15) is 0 Å². The predicted octanol–water partition coefficient (Wildman–Crippen LogP) is 6.03. The van der Waals surface area contributed by atoms with Gasteiger partial charge in [-0.3, -0.25) is 18.7 Å². The molecule has 1 saturated heterocycles. The normalized spacial score (nSPS) is 14.2. The number of carbonyl (C=O) groups excluding carboxylic acids is 1. The Bertz CT molecular complexity index is 1600. The lowest BCUT2D eigenvalue weighted by molar-refractivity contribution is -0.129. The van der Waals surface area contributed by atoms with Gasteiger partial charge in [-0.15, -0.1) is 0 Å². The van der Waals surface area contributed by atoms with Crippen molar-refractivity contribution in [2.45, 2.75) is 38.8 Å². The zero-order valence-electron chi connectivity index (χ0n) is 21.7. The number of hydrogen-bond acceptors (Lipinski definition) is 7. The fraction of sp³-hybridized carbons (Fsp3) is 0.357. The Morgan fingerprint density at radius 1 is 1.11 bits per heavy atom. The summed E-state index contributed by atoms with van der Waals surface area (Å²) in [6.07, 6.45) is 2.04. The molecule has 1 aliphatic rings. The van der Waals surface area contributed by atoms with Crippen LogP contribution in [-0.4, -0.2) is 50.4 Å². The summed E-state index contributed by atoms with van der Waals surface area (Å²) in [4.78, 5) is 34.0. The van der Waals surface area contributed by atoms with Crippen LogP contribution in [-0.2, 0) is 4.79 Å². The van der Waals surface area contributed by atoms with Crippen molar-refractivity contribution in [2.24, 2.45) is 5.92 Å². The summed E-state index contributed by atoms with van der Waals surface area (Å²) in [5.41, 5.74) is 2.70. The number of likely N-dealkylation sites (tertiary alicyclic amines) is 1. The fourth-order valence-corrected chi connectivity index (χ4v) is 6.86. The summed E-state index contributed by atoms with van der Waals surface area (Å²) in [6.45, 7) is 8.16. The van der Waals surface area contributed by atoms with E-state index in [2.05, 4.69) is 6.92 Å². The highest BCUT2D eigenvalue weighted by atomic mass is 32.2. The van der Waals surface area contributed by atoms with E-state index in [1.807, 2.05) is 71.8 Å². The number of rotatable bonds is 7. The number of aryl methyl sites for hydroxylation is 1. The lowest BCUT2D eigenvalue weighted by Gasteiger charge is -2.30. The first-order valence-corrected chi connectivity index (χ1v) is 15.0. The zero-order valence-corrected chi connectivity index (χ0v) is 24.1. The SMILES string of the molecule is CCOc1ccccc1-n1c(=S)sc2c(=O)n(-c3ccccc3C)c(SCC(=O)N3CCC(C)CC3)nc21. The molecule has 1 aliphatic heterocycles. The fourth-order valence-electron chi connectivity index (χ4n) is 4.67. The van der Waals surface area contributed by atoms with Crippen LogP contribution in [0, 0.1) is 16.8 Å². The van der Waals surface area contributed by atoms with Gasteiger partial charge in [0.15, 0.2) is 14.8 Å². The van der Waals surface area contributed by atoms with E-state index in [1.165, 1.54) is 23.1 Å². The van der Waals surface area contributed by atoms with Crippen LogP contribution in [0.4, 0.5) is 0 Å². The molecule has 0 N–H and O–H groups in total. The first-order chi connectivity index (χ1) is 18.4. The molecule has 1 amide bonds. The summed E-state index contributed by atoms with van der Waals surface area (Å²) in [5.74, 6) is 1.58. The minimum absolute atomic E-state index is 0.0661. The summed E-state index contributed by atoms with van der Waals surface area (Å²) in [5, 5.41) is 0.464. The van der Waals surface area contributed by atoms with Gasteiger partial charge < -0.3 is 9.64 Å². The maximum atomic E-state index is 14.0. The number of hydrogen-bond donors (Lipinski definition) is 0. The average Bonchev–Trinajstić information content (AvgIpc) is 3.25. The molecule has 3 heterocycles. The molecule has 7 nitrogen and oxygen atoms in total. The lowest BCUT2D eigenvalue weighted by atomic mass is 9.99. The van der Waals surface area contributed by atoms with E-state index in [1.54, 1.807) is 4.57 Å². The average molecular weight is 567 g/mol. The van der Waals surface area contributed by atoms with Crippen LogP contribution >= 0.6 is 35.3 Å². The molecule has 2 aromatic heterocycles. The van der Waals surface area contributed by atoms with Crippen molar-refractivity contribution in [1.82, 2.24) is 19.0 Å². The van der Waals surface area contributed by atoms with E-state index in [0.717, 1.165) is 42.9 Å². The van der Waals surface area contributed by atoms with E-state index in [4.69, 9.17) is 21.9 Å². The van der Waals surface area contributed by atoms with Gasteiger partial charge in [0.25, 0.3) is 5.56 Å². The molecule has 1 fully saturated rings. The summed E-state index contributed by atoms with van der Waals surface area (Å²) in [7, 11) is 0. The van der Waals surface area contributed by atoms with Crippen LogP contribution in [0.5, 0.6) is 5.75 Å². The van der Waals surface area contributed by atoms with Crippen molar-refractivity contribution in [3.63, 3.8) is 0 Å². The first-order valence-electron chi connectivity index (χ1n) is 12.8. The van der Waals surface area contributed by atoms with Crippen LogP contribution in [0.15, 0.2) is 58.5 Å². The highest BCUT2D eigenvalue weighted by molar-refractivity contribution is 7.99. The van der Waals surface area contributed by atoms with E-state index in [9.17, 15) is 9.59 Å². The van der Waals surface area contributed by atoms with Gasteiger partial charge in [0.05, 0.1) is 23.7 Å². The van der Waals surface area contributed by atoms with E-state index in [-0.39, 0.29) is 17.2 Å². The Kier molecular flexibility index (Phi) is 8.01. The Morgan fingerprint density at radius 3 is 2.50 bits per heavy atom. The molecule has 38 heavy (non-hydrogen) atoms. The summed E-state index contributed by atoms with van der Waals surface area (Å²) in [6, 6.07) is 15.3. The monoisotopic (exact) mass is 566 g/mol. The number of thiazole rings is 1. The highest BCUT2D eigenvalue weighted by Crippen LogP contribution is 2.32. The van der Waals surface area contributed by atoms with Crippen molar-refractivity contribution in [3.05, 3.63) is 68.4 Å². The van der Waals surface area contributed by atoms with Crippen LogP contribution in [0.2, 0.25) is 0 Å². The second kappa shape index (κ2) is 11.4. The van der Waals surface area contributed by atoms with E-state index >= 15 is 0 Å². The van der Waals surface area contributed by atoms with Crippen LogP contribution < -0.4 is 10.3 Å². The number of aromatic nitrogens is 3. The number of thioether (sulfide) groups is 1. The molecule has 2 aromatic carbocycles. The third-order valence-electron chi connectivity index (χ3n) is 6.80. The van der Waals surface area contributed by atoms with E-state index in [0.29, 0.717) is 37.7 Å². The minimum Gasteiger partial charge on any atom is -0.492 e. The van der Waals surface area contributed by atoms with Gasteiger partial charge in [0, 0.05) is 13.1 Å². The van der Waals surface area contributed by atoms with Crippen molar-refractivity contribution in [3.8, 4) is 17.1 Å². The Labute approximate surface area is 235 Å². The quantitative estimate of drug-likeness (QED) is 0.155. The van der Waals surface area contributed by atoms with Crippen molar-refractivity contribution in [2.75, 3.05) is 25.4 Å². The second-order valence-corrected chi connectivity index (χ2v) is 12.0. The summed E-state index contributed by atoms with van der Waals surface area (Å²) < 4.78 is 10.3. The first kappa shape index (κ1) is 26.6. The number of piperidine rings is 1. The molecule has 198 valence electrons. The second-order valence-electron chi connectivity index (χ2n) is 9.43. The standard InChI is InChI=1S/C28H30N4O3S3/c1-4-35-22-12-8-7-11-21(22)31-25-24(38-28(31)36)26(34)32(20-10-6-5-9-19(20)3)27(29-25)37-17-23(33)30-15-13-18(2)14-16-30/h5-12,18H,4,13-17H2,1-3H3. The van der Waals surface area contributed by atoms with Gasteiger partial charge in [0.2, 0.25) is 5.91 Å². The maximum Gasteiger partial charge on any atom is 0.278 e. The molecule has 0 bridgehead atoms. The number of amides is 1. The number of ether oxygens (including phenoxy) is 1. The largest absolute Gasteiger partial charge is 0.492 e. The molecule has 0 spiro atoms. The van der Waals surface area contributed by atoms with E-state index < -0.39 is 0 Å². The van der Waals surface area contributed by atoms with Gasteiger partial charge in [-0.05, 0) is 68.6 Å². The molecule has 0 unspecified atom stereocenters. The lowest BCUT2D eigenvalue weighted by Crippen LogP contribution is -2.39. The molecule has 0 radical (unpaired) electrons. The Hall–Kier alpha value is -2.95. The molecule has 0 saturated carbocycles. The van der Waals surface area contributed by atoms with Gasteiger partial charge in [0.1, 0.15) is 10.4 Å². The van der Waals surface area contributed by atoms with Crippen LogP contribution in [0.1, 0.15) is 32.3 Å². The topological polar surface area (TPSA) is 69.4 Å².